The van der Waals surface area contributed by atoms with E-state index in [4.69, 9.17) is 10.8 Å². The van der Waals surface area contributed by atoms with Gasteiger partial charge in [0.1, 0.15) is 11.7 Å². The molecule has 0 unspecified atom stereocenters. The lowest BCUT2D eigenvalue weighted by molar-refractivity contribution is -0.139. The van der Waals surface area contributed by atoms with Crippen molar-refractivity contribution >= 4 is 12.3 Å². The van der Waals surface area contributed by atoms with Gasteiger partial charge in [-0.05, 0) is 5.92 Å². The van der Waals surface area contributed by atoms with Crippen molar-refractivity contribution in [3.63, 3.8) is 0 Å². The number of carboxylic acids is 1. The summed E-state index contributed by atoms with van der Waals surface area (Å²) in [6.07, 6.45) is 2.05. The number of carbonyl (C=O) groups excluding carboxylic acids is 1. The second-order valence-electron chi connectivity index (χ2n) is 3.12. The van der Waals surface area contributed by atoms with Gasteiger partial charge in [0.2, 0.25) is 0 Å². The first-order valence-electron chi connectivity index (χ1n) is 4.29. The van der Waals surface area contributed by atoms with Crippen molar-refractivity contribution in [2.75, 3.05) is 0 Å². The van der Waals surface area contributed by atoms with Crippen LogP contribution in [0.4, 0.5) is 0 Å². The minimum atomic E-state index is -0.931. The number of carbonyl (C=O) groups is 2. The molecule has 1 heterocycles. The molecule has 0 saturated carbocycles. The zero-order chi connectivity index (χ0) is 11.8. The van der Waals surface area contributed by atoms with Crippen molar-refractivity contribution < 1.29 is 14.7 Å². The Bertz CT molecular complexity index is 297. The summed E-state index contributed by atoms with van der Waals surface area (Å²) in [5.41, 5.74) is 5.49. The molecule has 0 aliphatic rings. The molecule has 0 fully saturated rings. The predicted octanol–water partition coefficient (Wildman–Crippen LogP) is -0.328. The van der Waals surface area contributed by atoms with Crippen LogP contribution in [0.5, 0.6) is 0 Å². The van der Waals surface area contributed by atoms with Crippen molar-refractivity contribution in [2.45, 2.75) is 19.9 Å². The van der Waals surface area contributed by atoms with Gasteiger partial charge in [0.25, 0.3) is 0 Å². The molecule has 0 aliphatic carbocycles. The fourth-order valence-electron chi connectivity index (χ4n) is 0.553. The normalized spacial score (nSPS) is 11.5. The third-order valence-electron chi connectivity index (χ3n) is 1.56. The number of aliphatic carboxylic acids is 1. The van der Waals surface area contributed by atoms with Gasteiger partial charge in [-0.3, -0.25) is 14.7 Å². The first kappa shape index (κ1) is 13.2. The molecule has 1 aromatic heterocycles. The van der Waals surface area contributed by atoms with Crippen molar-refractivity contribution in [1.29, 1.82) is 0 Å². The summed E-state index contributed by atoms with van der Waals surface area (Å²) >= 11 is 0. The van der Waals surface area contributed by atoms with Crippen LogP contribution in [-0.2, 0) is 4.79 Å². The van der Waals surface area contributed by atoms with Gasteiger partial charge in [-0.25, -0.2) is 0 Å². The molecule has 7 heteroatoms. The number of aromatic nitrogens is 3. The Morgan fingerprint density at radius 3 is 2.40 bits per heavy atom. The van der Waals surface area contributed by atoms with Gasteiger partial charge in [-0.15, -0.1) is 5.10 Å². The molecule has 0 aliphatic heterocycles. The molecule has 7 nitrogen and oxygen atoms in total. The Kier molecular flexibility index (Phi) is 5.88. The van der Waals surface area contributed by atoms with E-state index in [9.17, 15) is 9.59 Å². The molecule has 84 valence electrons. The number of nitrogens with zero attached hydrogens (tertiary/aromatic N) is 2. The second kappa shape index (κ2) is 6.66. The topological polar surface area (TPSA) is 122 Å². The van der Waals surface area contributed by atoms with E-state index < -0.39 is 12.0 Å². The number of nitrogens with two attached hydrogens (primary N) is 1. The maximum Gasteiger partial charge on any atom is 0.320 e. The van der Waals surface area contributed by atoms with Crippen molar-refractivity contribution in [2.24, 2.45) is 11.7 Å². The highest BCUT2D eigenvalue weighted by Gasteiger charge is 2.14. The molecule has 15 heavy (non-hydrogen) atoms. The van der Waals surface area contributed by atoms with Gasteiger partial charge in [-0.1, -0.05) is 19.1 Å². The lowest BCUT2D eigenvalue weighted by Gasteiger charge is -2.07. The first-order valence-corrected chi connectivity index (χ1v) is 4.29. The van der Waals surface area contributed by atoms with Crippen molar-refractivity contribution in [3.8, 4) is 0 Å². The van der Waals surface area contributed by atoms with Crippen LogP contribution in [-0.4, -0.2) is 38.8 Å². The number of hydrogen-bond acceptors (Lipinski definition) is 5. The van der Waals surface area contributed by atoms with Crippen molar-refractivity contribution in [3.05, 3.63) is 11.9 Å². The standard InChI is InChI=1S/C5H11NO2.C3H3N3O/c1-3(2)4(6)5(7)8;7-2-3-1-4-6-5-3/h3-4H,6H2,1-2H3,(H,7,8);1-2H,(H,4,5,6)/t4-;/m0./s1. The Hall–Kier alpha value is -1.76. The maximum atomic E-state index is 10.0. The second-order valence-corrected chi connectivity index (χ2v) is 3.12. The number of nitrogens with one attached hydrogen (secondary N) is 1. The van der Waals surface area contributed by atoms with Crippen LogP contribution in [0.25, 0.3) is 0 Å². The molecule has 0 radical (unpaired) electrons. The predicted molar refractivity (Wildman–Crippen MR) is 52.2 cm³/mol. The molecule has 0 saturated heterocycles. The Morgan fingerprint density at radius 2 is 2.27 bits per heavy atom. The molecular weight excluding hydrogens is 200 g/mol. The summed E-state index contributed by atoms with van der Waals surface area (Å²) in [7, 11) is 0. The van der Waals surface area contributed by atoms with E-state index in [0.29, 0.717) is 12.0 Å². The summed E-state index contributed by atoms with van der Waals surface area (Å²) in [6, 6.07) is -0.713. The van der Waals surface area contributed by atoms with Gasteiger partial charge < -0.3 is 10.8 Å². The van der Waals surface area contributed by atoms with Crippen LogP contribution in [0, 0.1) is 5.92 Å². The molecule has 1 rings (SSSR count). The average molecular weight is 214 g/mol. The van der Waals surface area contributed by atoms with Crippen LogP contribution in [0.1, 0.15) is 24.3 Å². The first-order chi connectivity index (χ1) is 6.99. The molecule has 0 aromatic carbocycles. The monoisotopic (exact) mass is 214 g/mol. The van der Waals surface area contributed by atoms with E-state index in [1.165, 1.54) is 6.20 Å². The number of hydrogen-bond donors (Lipinski definition) is 3. The third kappa shape index (κ3) is 5.53. The van der Waals surface area contributed by atoms with Crippen LogP contribution in [0.3, 0.4) is 0 Å². The molecular formula is C8H14N4O3. The number of H-pyrrole nitrogens is 1. The molecule has 4 N–H and O–H groups in total. The Balaban J connectivity index is 0.000000262. The Morgan fingerprint density at radius 1 is 1.67 bits per heavy atom. The number of carboxylic acid groups (broad SMARTS) is 1. The SMILES string of the molecule is CC(C)[C@H](N)C(=O)O.O=Cc1c[nH]nn1. The largest absolute Gasteiger partial charge is 0.480 e. The summed E-state index contributed by atoms with van der Waals surface area (Å²) in [6.45, 7) is 3.55. The quantitative estimate of drug-likeness (QED) is 0.592. The minimum Gasteiger partial charge on any atom is -0.480 e. The van der Waals surface area contributed by atoms with Crippen molar-refractivity contribution in [1.82, 2.24) is 15.4 Å². The van der Waals surface area contributed by atoms with Gasteiger partial charge in [-0.2, -0.15) is 0 Å². The highest BCUT2D eigenvalue weighted by Crippen LogP contribution is 1.96. The van der Waals surface area contributed by atoms with Gasteiger partial charge >= 0.3 is 5.97 Å². The number of aldehydes is 1. The lowest BCUT2D eigenvalue weighted by Crippen LogP contribution is -2.34. The zero-order valence-electron chi connectivity index (χ0n) is 8.54. The van der Waals surface area contributed by atoms with E-state index in [2.05, 4.69) is 15.4 Å². The summed E-state index contributed by atoms with van der Waals surface area (Å²) in [4.78, 5) is 19.8. The van der Waals surface area contributed by atoms with E-state index in [-0.39, 0.29) is 5.92 Å². The third-order valence-corrected chi connectivity index (χ3v) is 1.56. The van der Waals surface area contributed by atoms with E-state index in [1.807, 2.05) is 0 Å². The highest BCUT2D eigenvalue weighted by atomic mass is 16.4. The lowest BCUT2D eigenvalue weighted by atomic mass is 10.1. The minimum absolute atomic E-state index is 0.0208. The van der Waals surface area contributed by atoms with Crippen LogP contribution >= 0.6 is 0 Å². The van der Waals surface area contributed by atoms with Gasteiger partial charge in [0.05, 0.1) is 6.20 Å². The van der Waals surface area contributed by atoms with Gasteiger partial charge in [0.15, 0.2) is 6.29 Å². The summed E-state index contributed by atoms with van der Waals surface area (Å²) in [5, 5.41) is 17.3. The fourth-order valence-corrected chi connectivity index (χ4v) is 0.553. The Labute approximate surface area is 86.7 Å². The molecule has 1 aromatic rings. The van der Waals surface area contributed by atoms with Gasteiger partial charge in [0, 0.05) is 0 Å². The van der Waals surface area contributed by atoms with Crippen LogP contribution in [0.15, 0.2) is 6.20 Å². The van der Waals surface area contributed by atoms with Crippen LogP contribution < -0.4 is 5.73 Å². The fraction of sp³-hybridized carbons (Fsp3) is 0.500. The number of rotatable bonds is 3. The maximum absolute atomic E-state index is 10.0. The van der Waals surface area contributed by atoms with Crippen LogP contribution in [0.2, 0.25) is 0 Å². The molecule has 0 spiro atoms. The highest BCUT2D eigenvalue weighted by molar-refractivity contribution is 5.73. The molecule has 0 amide bonds. The van der Waals surface area contributed by atoms with E-state index in [1.54, 1.807) is 13.8 Å². The van der Waals surface area contributed by atoms with E-state index >= 15 is 0 Å². The smallest absolute Gasteiger partial charge is 0.320 e. The molecule has 1 atom stereocenters. The summed E-state index contributed by atoms with van der Waals surface area (Å²) in [5.74, 6) is -0.910. The number of aromatic amines is 1. The average Bonchev–Trinajstić information content (AvgIpc) is 2.69. The van der Waals surface area contributed by atoms with E-state index in [0.717, 1.165) is 0 Å². The molecule has 0 bridgehead atoms. The summed E-state index contributed by atoms with van der Waals surface area (Å²) < 4.78 is 0. The zero-order valence-corrected chi connectivity index (χ0v) is 8.54.